The molecule has 0 bridgehead atoms. The van der Waals surface area contributed by atoms with Gasteiger partial charge < -0.3 is 4.90 Å². The van der Waals surface area contributed by atoms with Crippen LogP contribution < -0.4 is 4.90 Å². The maximum absolute atomic E-state index is 4.72. The zero-order valence-electron chi connectivity index (χ0n) is 24.0. The average Bonchev–Trinajstić information content (AvgIpc) is 3.48. The summed E-state index contributed by atoms with van der Waals surface area (Å²) in [5.41, 5.74) is 11.6. The number of hydrogen-bond acceptors (Lipinski definition) is 3. The van der Waals surface area contributed by atoms with Crippen molar-refractivity contribution in [3.63, 3.8) is 0 Å². The Morgan fingerprint density at radius 2 is 0.841 bits per heavy atom. The molecule has 6 aromatic carbocycles. The SMILES string of the molecule is c1ccc(-c2ccc(-c3ccc(N(c4ccc(-c5ccccc5)cc4)c4ccc5sc6cccnc6c5c4)cc3)cc2)cc1. The van der Waals surface area contributed by atoms with Gasteiger partial charge in [0.2, 0.25) is 0 Å². The van der Waals surface area contributed by atoms with E-state index in [1.54, 1.807) is 11.3 Å². The van der Waals surface area contributed by atoms with E-state index < -0.39 is 0 Å². The molecule has 3 heteroatoms. The molecule has 2 aromatic heterocycles. The Labute approximate surface area is 261 Å². The van der Waals surface area contributed by atoms with Gasteiger partial charge in [-0.1, -0.05) is 109 Å². The summed E-state index contributed by atoms with van der Waals surface area (Å²) < 4.78 is 2.46. The molecular formula is C41H28N2S. The predicted molar refractivity (Wildman–Crippen MR) is 188 cm³/mol. The number of thiophene rings is 1. The zero-order valence-corrected chi connectivity index (χ0v) is 24.8. The molecule has 0 unspecified atom stereocenters. The molecule has 0 amide bonds. The largest absolute Gasteiger partial charge is 0.310 e. The van der Waals surface area contributed by atoms with Gasteiger partial charge in [0, 0.05) is 33.3 Å². The highest BCUT2D eigenvalue weighted by atomic mass is 32.1. The first-order valence-corrected chi connectivity index (χ1v) is 15.6. The molecule has 2 heterocycles. The van der Waals surface area contributed by atoms with Crippen molar-refractivity contribution in [1.29, 1.82) is 0 Å². The van der Waals surface area contributed by atoms with Gasteiger partial charge in [-0.05, 0) is 88.0 Å². The van der Waals surface area contributed by atoms with E-state index in [2.05, 4.69) is 163 Å². The predicted octanol–water partition coefficient (Wildman–Crippen LogP) is 11.9. The average molecular weight is 581 g/mol. The minimum atomic E-state index is 1.06. The summed E-state index contributed by atoms with van der Waals surface area (Å²) >= 11 is 1.79. The molecule has 44 heavy (non-hydrogen) atoms. The van der Waals surface area contributed by atoms with Crippen molar-refractivity contribution in [1.82, 2.24) is 4.98 Å². The van der Waals surface area contributed by atoms with Gasteiger partial charge in [0.1, 0.15) is 0 Å². The van der Waals surface area contributed by atoms with Crippen LogP contribution in [-0.4, -0.2) is 4.98 Å². The third-order valence-corrected chi connectivity index (χ3v) is 9.28. The van der Waals surface area contributed by atoms with Gasteiger partial charge in [-0.15, -0.1) is 11.3 Å². The van der Waals surface area contributed by atoms with E-state index in [9.17, 15) is 0 Å². The topological polar surface area (TPSA) is 16.1 Å². The van der Waals surface area contributed by atoms with Gasteiger partial charge in [-0.2, -0.15) is 0 Å². The van der Waals surface area contributed by atoms with Crippen molar-refractivity contribution in [3.8, 4) is 33.4 Å². The van der Waals surface area contributed by atoms with Crippen LogP contribution in [0, 0.1) is 0 Å². The van der Waals surface area contributed by atoms with Gasteiger partial charge in [0.25, 0.3) is 0 Å². The molecule has 0 fully saturated rings. The van der Waals surface area contributed by atoms with E-state index in [1.165, 1.54) is 48.2 Å². The van der Waals surface area contributed by atoms with E-state index in [-0.39, 0.29) is 0 Å². The summed E-state index contributed by atoms with van der Waals surface area (Å²) in [4.78, 5) is 7.06. The number of fused-ring (bicyclic) bond motifs is 3. The van der Waals surface area contributed by atoms with Crippen LogP contribution in [0.25, 0.3) is 53.7 Å². The van der Waals surface area contributed by atoms with Crippen LogP contribution in [0.4, 0.5) is 17.1 Å². The minimum Gasteiger partial charge on any atom is -0.310 e. The molecular weight excluding hydrogens is 553 g/mol. The third kappa shape index (κ3) is 4.94. The smallest absolute Gasteiger partial charge is 0.0889 e. The number of aromatic nitrogens is 1. The maximum Gasteiger partial charge on any atom is 0.0889 e. The van der Waals surface area contributed by atoms with Crippen molar-refractivity contribution in [2.24, 2.45) is 0 Å². The second-order valence-electron chi connectivity index (χ2n) is 10.9. The van der Waals surface area contributed by atoms with Gasteiger partial charge >= 0.3 is 0 Å². The van der Waals surface area contributed by atoms with Crippen LogP contribution in [0.2, 0.25) is 0 Å². The van der Waals surface area contributed by atoms with Gasteiger partial charge in [0.15, 0.2) is 0 Å². The lowest BCUT2D eigenvalue weighted by Gasteiger charge is -2.26. The van der Waals surface area contributed by atoms with Crippen LogP contribution in [0.1, 0.15) is 0 Å². The molecule has 2 nitrogen and oxygen atoms in total. The molecule has 0 saturated carbocycles. The molecule has 208 valence electrons. The van der Waals surface area contributed by atoms with Crippen LogP contribution in [0.3, 0.4) is 0 Å². The number of nitrogens with zero attached hydrogens (tertiary/aromatic N) is 2. The highest BCUT2D eigenvalue weighted by molar-refractivity contribution is 7.25. The lowest BCUT2D eigenvalue weighted by atomic mass is 10.00. The highest BCUT2D eigenvalue weighted by Gasteiger charge is 2.16. The molecule has 0 saturated heterocycles. The summed E-state index contributed by atoms with van der Waals surface area (Å²) in [5.74, 6) is 0. The van der Waals surface area contributed by atoms with Gasteiger partial charge in [0.05, 0.1) is 10.2 Å². The second-order valence-corrected chi connectivity index (χ2v) is 12.0. The second kappa shape index (κ2) is 11.3. The standard InChI is InChI=1S/C41H28N2S/c1-3-8-29(9-4-1)31-13-15-32(16-14-31)34-19-23-36(24-20-34)43(35-21-17-33(18-22-35)30-10-5-2-6-11-30)37-25-26-39-38(28-37)41-40(44-39)12-7-27-42-41/h1-28H. The van der Waals surface area contributed by atoms with Crippen molar-refractivity contribution >= 4 is 48.7 Å². The number of benzene rings is 6. The monoisotopic (exact) mass is 580 g/mol. The van der Waals surface area contributed by atoms with E-state index in [4.69, 9.17) is 4.98 Å². The first kappa shape index (κ1) is 26.1. The van der Waals surface area contributed by atoms with Crippen LogP contribution >= 0.6 is 11.3 Å². The zero-order chi connectivity index (χ0) is 29.3. The summed E-state index contributed by atoms with van der Waals surface area (Å²) in [6.07, 6.45) is 1.88. The molecule has 8 aromatic rings. The van der Waals surface area contributed by atoms with Crippen LogP contribution in [0.5, 0.6) is 0 Å². The first-order chi connectivity index (χ1) is 21.8. The maximum atomic E-state index is 4.72. The van der Waals surface area contributed by atoms with Crippen LogP contribution in [0.15, 0.2) is 170 Å². The lowest BCUT2D eigenvalue weighted by molar-refractivity contribution is 1.29. The molecule has 0 spiro atoms. The number of rotatable bonds is 6. The molecule has 0 aliphatic heterocycles. The molecule has 0 radical (unpaired) electrons. The van der Waals surface area contributed by atoms with E-state index in [1.807, 2.05) is 12.3 Å². The number of anilines is 3. The fraction of sp³-hybridized carbons (Fsp3) is 0. The van der Waals surface area contributed by atoms with Crippen molar-refractivity contribution in [2.45, 2.75) is 0 Å². The Morgan fingerprint density at radius 1 is 0.386 bits per heavy atom. The Bertz CT molecular complexity index is 2180. The molecule has 8 rings (SSSR count). The Hall–Kier alpha value is -5.51. The normalized spacial score (nSPS) is 11.2. The number of hydrogen-bond donors (Lipinski definition) is 0. The Morgan fingerprint density at radius 3 is 1.36 bits per heavy atom. The fourth-order valence-corrected chi connectivity index (χ4v) is 6.94. The summed E-state index contributed by atoms with van der Waals surface area (Å²) in [5, 5.41) is 1.18. The number of pyridine rings is 1. The fourth-order valence-electron chi connectivity index (χ4n) is 5.89. The molecule has 0 aliphatic carbocycles. The van der Waals surface area contributed by atoms with Crippen LogP contribution in [-0.2, 0) is 0 Å². The van der Waals surface area contributed by atoms with Crippen molar-refractivity contribution < 1.29 is 0 Å². The lowest BCUT2D eigenvalue weighted by Crippen LogP contribution is -2.09. The minimum absolute atomic E-state index is 1.06. The van der Waals surface area contributed by atoms with Gasteiger partial charge in [-0.25, -0.2) is 0 Å². The Balaban J connectivity index is 1.18. The van der Waals surface area contributed by atoms with Crippen molar-refractivity contribution in [2.75, 3.05) is 4.90 Å². The molecule has 0 N–H and O–H groups in total. The first-order valence-electron chi connectivity index (χ1n) is 14.8. The highest BCUT2D eigenvalue weighted by Crippen LogP contribution is 2.41. The summed E-state index contributed by atoms with van der Waals surface area (Å²) in [6, 6.07) is 58.5. The van der Waals surface area contributed by atoms with Crippen molar-refractivity contribution in [3.05, 3.63) is 170 Å². The molecule has 0 atom stereocenters. The van der Waals surface area contributed by atoms with E-state index in [0.29, 0.717) is 0 Å². The third-order valence-electron chi connectivity index (χ3n) is 8.15. The molecule has 0 aliphatic rings. The van der Waals surface area contributed by atoms with E-state index in [0.717, 1.165) is 22.6 Å². The quantitative estimate of drug-likeness (QED) is 0.194. The summed E-state index contributed by atoms with van der Waals surface area (Å²) in [7, 11) is 0. The summed E-state index contributed by atoms with van der Waals surface area (Å²) in [6.45, 7) is 0. The Kier molecular flexibility index (Phi) is 6.71. The van der Waals surface area contributed by atoms with Gasteiger partial charge in [-0.3, -0.25) is 4.98 Å². The van der Waals surface area contributed by atoms with E-state index >= 15 is 0 Å².